The molecule has 0 atom stereocenters. The Kier molecular flexibility index (Phi) is 3.77. The van der Waals surface area contributed by atoms with Crippen molar-refractivity contribution < 1.29 is 28.2 Å². The molecule has 8 heteroatoms. The van der Waals surface area contributed by atoms with Crippen LogP contribution in [-0.4, -0.2) is 17.9 Å². The van der Waals surface area contributed by atoms with Crippen LogP contribution in [0.15, 0.2) is 24.3 Å². The van der Waals surface area contributed by atoms with Gasteiger partial charge in [-0.15, -0.1) is 0 Å². The highest BCUT2D eigenvalue weighted by Gasteiger charge is 2.27. The minimum absolute atomic E-state index is 0.00327. The number of hydrogen-bond acceptors (Lipinski definition) is 4. The van der Waals surface area contributed by atoms with E-state index in [4.69, 9.17) is 9.47 Å². The van der Waals surface area contributed by atoms with Crippen molar-refractivity contribution in [3.8, 4) is 11.5 Å². The standard InChI is InChI=1S/C14H8F2INO4/c15-8-3-6(17)1-2-9(8)18-12-7(14(19)20)4-10-13(11(12)16)22-5-21-10/h1-4,18H,5H2,(H,19,20). The molecule has 3 rings (SSSR count). The maximum atomic E-state index is 14.4. The minimum Gasteiger partial charge on any atom is -0.478 e. The summed E-state index contributed by atoms with van der Waals surface area (Å²) in [5.74, 6) is -3.13. The average Bonchev–Trinajstić information content (AvgIpc) is 2.92. The molecule has 0 saturated heterocycles. The molecule has 2 aromatic rings. The van der Waals surface area contributed by atoms with Gasteiger partial charge >= 0.3 is 5.97 Å². The lowest BCUT2D eigenvalue weighted by Crippen LogP contribution is -2.06. The molecular weight excluding hydrogens is 411 g/mol. The lowest BCUT2D eigenvalue weighted by molar-refractivity contribution is 0.0697. The third-order valence-corrected chi connectivity index (χ3v) is 3.70. The predicted octanol–water partition coefficient (Wildman–Crippen LogP) is 3.74. The summed E-state index contributed by atoms with van der Waals surface area (Å²) in [7, 11) is 0. The van der Waals surface area contributed by atoms with Gasteiger partial charge in [-0.25, -0.2) is 13.6 Å². The van der Waals surface area contributed by atoms with Gasteiger partial charge in [-0.3, -0.25) is 0 Å². The van der Waals surface area contributed by atoms with Gasteiger partial charge in [0.25, 0.3) is 0 Å². The topological polar surface area (TPSA) is 67.8 Å². The highest BCUT2D eigenvalue weighted by atomic mass is 127. The summed E-state index contributed by atoms with van der Waals surface area (Å²) in [5, 5.41) is 11.7. The van der Waals surface area contributed by atoms with Crippen LogP contribution in [0, 0.1) is 15.2 Å². The van der Waals surface area contributed by atoms with Gasteiger partial charge in [0.1, 0.15) is 5.82 Å². The molecule has 22 heavy (non-hydrogen) atoms. The number of fused-ring (bicyclic) bond motifs is 1. The molecule has 0 bridgehead atoms. The molecule has 114 valence electrons. The highest BCUT2D eigenvalue weighted by Crippen LogP contribution is 2.42. The smallest absolute Gasteiger partial charge is 0.338 e. The number of carboxylic acid groups (broad SMARTS) is 1. The number of nitrogens with one attached hydrogen (secondary N) is 1. The summed E-state index contributed by atoms with van der Waals surface area (Å²) < 4.78 is 38.9. The number of rotatable bonds is 3. The van der Waals surface area contributed by atoms with Gasteiger partial charge in [-0.2, -0.15) is 0 Å². The van der Waals surface area contributed by atoms with Gasteiger partial charge in [0.15, 0.2) is 11.6 Å². The molecule has 0 saturated carbocycles. The molecule has 5 nitrogen and oxygen atoms in total. The van der Waals surface area contributed by atoms with Gasteiger partial charge in [-0.1, -0.05) is 0 Å². The lowest BCUT2D eigenvalue weighted by atomic mass is 10.1. The Balaban J connectivity index is 2.11. The van der Waals surface area contributed by atoms with E-state index >= 15 is 0 Å². The first-order valence-electron chi connectivity index (χ1n) is 6.05. The van der Waals surface area contributed by atoms with E-state index in [-0.39, 0.29) is 35.2 Å². The zero-order valence-electron chi connectivity index (χ0n) is 10.8. The minimum atomic E-state index is -1.37. The predicted molar refractivity (Wildman–Crippen MR) is 81.9 cm³/mol. The number of carboxylic acids is 1. The number of benzene rings is 2. The third-order valence-electron chi connectivity index (χ3n) is 3.03. The van der Waals surface area contributed by atoms with Crippen LogP contribution >= 0.6 is 22.6 Å². The Labute approximate surface area is 137 Å². The van der Waals surface area contributed by atoms with Crippen molar-refractivity contribution in [1.29, 1.82) is 0 Å². The van der Waals surface area contributed by atoms with E-state index in [2.05, 4.69) is 5.32 Å². The Morgan fingerprint density at radius 1 is 1.27 bits per heavy atom. The number of anilines is 2. The first-order valence-corrected chi connectivity index (χ1v) is 7.12. The summed E-state index contributed by atoms with van der Waals surface area (Å²) in [5.41, 5.74) is -0.794. The molecule has 2 aromatic carbocycles. The fourth-order valence-corrected chi connectivity index (χ4v) is 2.47. The van der Waals surface area contributed by atoms with Crippen LogP contribution in [0.1, 0.15) is 10.4 Å². The van der Waals surface area contributed by atoms with Gasteiger partial charge in [0.05, 0.1) is 16.9 Å². The number of carbonyl (C=O) groups is 1. The molecule has 2 N–H and O–H groups in total. The van der Waals surface area contributed by atoms with Gasteiger partial charge in [0.2, 0.25) is 12.5 Å². The first-order chi connectivity index (χ1) is 10.5. The second-order valence-electron chi connectivity index (χ2n) is 4.40. The Morgan fingerprint density at radius 3 is 2.73 bits per heavy atom. The van der Waals surface area contributed by atoms with Crippen LogP contribution in [0.4, 0.5) is 20.2 Å². The molecule has 0 amide bonds. The van der Waals surface area contributed by atoms with Gasteiger partial charge in [0, 0.05) is 9.64 Å². The fourth-order valence-electron chi connectivity index (χ4n) is 2.02. The maximum Gasteiger partial charge on any atom is 0.338 e. The quantitative estimate of drug-likeness (QED) is 0.743. The lowest BCUT2D eigenvalue weighted by Gasteiger charge is -2.13. The largest absolute Gasteiger partial charge is 0.478 e. The summed E-state index contributed by atoms with van der Waals surface area (Å²) in [6.45, 7) is -0.202. The van der Waals surface area contributed by atoms with Crippen molar-refractivity contribution in [3.05, 3.63) is 45.0 Å². The van der Waals surface area contributed by atoms with E-state index in [9.17, 15) is 18.7 Å². The summed E-state index contributed by atoms with van der Waals surface area (Å²) in [6.07, 6.45) is 0. The van der Waals surface area contributed by atoms with Crippen molar-refractivity contribution >= 4 is 39.9 Å². The van der Waals surface area contributed by atoms with E-state index in [1.807, 2.05) is 22.6 Å². The van der Waals surface area contributed by atoms with Crippen molar-refractivity contribution in [2.45, 2.75) is 0 Å². The van der Waals surface area contributed by atoms with Crippen molar-refractivity contribution in [3.63, 3.8) is 0 Å². The fraction of sp³-hybridized carbons (Fsp3) is 0.0714. The van der Waals surface area contributed by atoms with E-state index < -0.39 is 17.6 Å². The van der Waals surface area contributed by atoms with E-state index in [0.717, 1.165) is 6.07 Å². The monoisotopic (exact) mass is 419 g/mol. The molecule has 0 radical (unpaired) electrons. The second-order valence-corrected chi connectivity index (χ2v) is 5.65. The maximum absolute atomic E-state index is 14.4. The molecule has 1 heterocycles. The normalized spacial score (nSPS) is 12.3. The molecule has 0 unspecified atom stereocenters. The Hall–Kier alpha value is -2.10. The number of ether oxygens (including phenoxy) is 2. The SMILES string of the molecule is O=C(O)c1cc2c(c(F)c1Nc1ccc(I)cc1F)OCO2. The number of hydrogen-bond donors (Lipinski definition) is 2. The number of aromatic carboxylic acids is 1. The average molecular weight is 419 g/mol. The van der Waals surface area contributed by atoms with E-state index in [1.165, 1.54) is 12.1 Å². The highest BCUT2D eigenvalue weighted by molar-refractivity contribution is 14.1. The molecule has 1 aliphatic heterocycles. The Morgan fingerprint density at radius 2 is 2.05 bits per heavy atom. The van der Waals surface area contributed by atoms with E-state index in [0.29, 0.717) is 3.57 Å². The van der Waals surface area contributed by atoms with Crippen LogP contribution in [-0.2, 0) is 0 Å². The number of halogens is 3. The third kappa shape index (κ3) is 2.54. The summed E-state index contributed by atoms with van der Waals surface area (Å²) in [4.78, 5) is 11.3. The van der Waals surface area contributed by atoms with E-state index in [1.54, 1.807) is 6.07 Å². The zero-order valence-corrected chi connectivity index (χ0v) is 13.0. The van der Waals surface area contributed by atoms with Gasteiger partial charge < -0.3 is 19.9 Å². The van der Waals surface area contributed by atoms with Crippen molar-refractivity contribution in [2.24, 2.45) is 0 Å². The molecule has 0 aliphatic carbocycles. The summed E-state index contributed by atoms with van der Waals surface area (Å²) in [6, 6.07) is 5.39. The molecule has 1 aliphatic rings. The molecular formula is C14H8F2INO4. The summed E-state index contributed by atoms with van der Waals surface area (Å²) >= 11 is 1.93. The second kappa shape index (κ2) is 5.59. The molecule has 0 aromatic heterocycles. The first kappa shape index (κ1) is 14.8. The Bertz CT molecular complexity index is 782. The molecule has 0 fully saturated rings. The van der Waals surface area contributed by atoms with Crippen LogP contribution in [0.5, 0.6) is 11.5 Å². The van der Waals surface area contributed by atoms with Crippen molar-refractivity contribution in [1.82, 2.24) is 0 Å². The van der Waals surface area contributed by atoms with Crippen LogP contribution in [0.2, 0.25) is 0 Å². The van der Waals surface area contributed by atoms with Crippen molar-refractivity contribution in [2.75, 3.05) is 12.1 Å². The van der Waals surface area contributed by atoms with Crippen LogP contribution in [0.3, 0.4) is 0 Å². The van der Waals surface area contributed by atoms with Gasteiger partial charge in [-0.05, 0) is 40.8 Å². The van der Waals surface area contributed by atoms with Crippen LogP contribution < -0.4 is 14.8 Å². The van der Waals surface area contributed by atoms with Crippen LogP contribution in [0.25, 0.3) is 0 Å². The molecule has 0 spiro atoms. The zero-order chi connectivity index (χ0) is 15.9.